The molecule has 2 aliphatic rings. The Morgan fingerprint density at radius 1 is 1.00 bits per heavy atom. The highest BCUT2D eigenvalue weighted by Gasteiger charge is 2.31. The fourth-order valence-electron chi connectivity index (χ4n) is 4.17. The number of rotatable bonds is 5. The van der Waals surface area contributed by atoms with Crippen LogP contribution in [-0.2, 0) is 6.54 Å². The van der Waals surface area contributed by atoms with Crippen LogP contribution in [0.15, 0.2) is 54.6 Å². The van der Waals surface area contributed by atoms with Gasteiger partial charge in [-0.05, 0) is 43.0 Å². The molecule has 0 bridgehead atoms. The van der Waals surface area contributed by atoms with Crippen LogP contribution in [0.5, 0.6) is 0 Å². The first-order valence-corrected chi connectivity index (χ1v) is 9.51. The van der Waals surface area contributed by atoms with Gasteiger partial charge in [-0.2, -0.15) is 0 Å². The molecule has 4 rings (SSSR count). The second-order valence-corrected chi connectivity index (χ2v) is 7.51. The summed E-state index contributed by atoms with van der Waals surface area (Å²) in [5.41, 5.74) is 3.09. The Labute approximate surface area is 155 Å². The van der Waals surface area contributed by atoms with Gasteiger partial charge in [0.05, 0.1) is 6.54 Å². The van der Waals surface area contributed by atoms with E-state index in [0.29, 0.717) is 12.5 Å². The number of hydrogen-bond acceptors (Lipinski definition) is 4. The van der Waals surface area contributed by atoms with Gasteiger partial charge >= 0.3 is 0 Å². The van der Waals surface area contributed by atoms with Crippen molar-refractivity contribution >= 4 is 5.78 Å². The summed E-state index contributed by atoms with van der Waals surface area (Å²) in [6.07, 6.45) is 1.70. The molecule has 0 radical (unpaired) electrons. The van der Waals surface area contributed by atoms with Gasteiger partial charge in [-0.3, -0.25) is 14.6 Å². The van der Waals surface area contributed by atoms with E-state index >= 15 is 0 Å². The van der Waals surface area contributed by atoms with Gasteiger partial charge < -0.3 is 5.11 Å². The average molecular weight is 350 g/mol. The molecule has 2 aliphatic heterocycles. The van der Waals surface area contributed by atoms with Crippen molar-refractivity contribution in [3.63, 3.8) is 0 Å². The van der Waals surface area contributed by atoms with Crippen molar-refractivity contribution in [1.29, 1.82) is 0 Å². The monoisotopic (exact) mass is 350 g/mol. The van der Waals surface area contributed by atoms with E-state index in [1.54, 1.807) is 0 Å². The van der Waals surface area contributed by atoms with E-state index in [0.717, 1.165) is 50.1 Å². The van der Waals surface area contributed by atoms with Crippen molar-refractivity contribution < 1.29 is 9.90 Å². The predicted octanol–water partition coefficient (Wildman–Crippen LogP) is 3.09. The van der Waals surface area contributed by atoms with Gasteiger partial charge in [0.1, 0.15) is 6.23 Å². The highest BCUT2D eigenvalue weighted by Crippen LogP contribution is 2.33. The van der Waals surface area contributed by atoms with Gasteiger partial charge in [0.2, 0.25) is 0 Å². The smallest absolute Gasteiger partial charge is 0.176 e. The third-order valence-corrected chi connectivity index (χ3v) is 5.72. The lowest BCUT2D eigenvalue weighted by Crippen LogP contribution is -2.40. The van der Waals surface area contributed by atoms with Crippen LogP contribution in [0, 0.1) is 5.92 Å². The summed E-state index contributed by atoms with van der Waals surface area (Å²) in [4.78, 5) is 16.8. The number of carbonyl (C=O) groups excluding carboxylic acids is 1. The Morgan fingerprint density at radius 2 is 1.69 bits per heavy atom. The Hall–Kier alpha value is -2.01. The van der Waals surface area contributed by atoms with Gasteiger partial charge in [-0.15, -0.1) is 0 Å². The highest BCUT2D eigenvalue weighted by molar-refractivity contribution is 5.97. The van der Waals surface area contributed by atoms with E-state index in [1.165, 1.54) is 5.56 Å². The Kier molecular flexibility index (Phi) is 5.16. The Bertz CT molecular complexity index is 754. The second kappa shape index (κ2) is 7.70. The third kappa shape index (κ3) is 3.73. The van der Waals surface area contributed by atoms with E-state index in [9.17, 15) is 9.90 Å². The number of likely N-dealkylation sites (tertiary alicyclic amines) is 1. The van der Waals surface area contributed by atoms with Crippen LogP contribution < -0.4 is 0 Å². The van der Waals surface area contributed by atoms with Crippen molar-refractivity contribution in [3.8, 4) is 0 Å². The van der Waals surface area contributed by atoms with Gasteiger partial charge in [0.15, 0.2) is 5.78 Å². The molecule has 2 heterocycles. The second-order valence-electron chi connectivity index (χ2n) is 7.51. The Balaban J connectivity index is 1.26. The predicted molar refractivity (Wildman–Crippen MR) is 102 cm³/mol. The third-order valence-electron chi connectivity index (χ3n) is 5.72. The van der Waals surface area contributed by atoms with Gasteiger partial charge in [-0.1, -0.05) is 54.6 Å². The van der Waals surface area contributed by atoms with Crippen molar-refractivity contribution in [2.24, 2.45) is 5.92 Å². The van der Waals surface area contributed by atoms with Gasteiger partial charge in [0.25, 0.3) is 0 Å². The molecule has 2 aromatic rings. The van der Waals surface area contributed by atoms with Crippen molar-refractivity contribution in [2.45, 2.75) is 25.6 Å². The maximum atomic E-state index is 12.4. The molecule has 4 nitrogen and oxygen atoms in total. The van der Waals surface area contributed by atoms with Crippen LogP contribution in [0.25, 0.3) is 0 Å². The topological polar surface area (TPSA) is 43.8 Å². The van der Waals surface area contributed by atoms with Gasteiger partial charge in [0, 0.05) is 18.7 Å². The molecule has 0 aliphatic carbocycles. The molecule has 0 amide bonds. The molecule has 136 valence electrons. The summed E-state index contributed by atoms with van der Waals surface area (Å²) in [6.45, 7) is 4.19. The number of hydrogen-bond donors (Lipinski definition) is 1. The fourth-order valence-corrected chi connectivity index (χ4v) is 4.17. The van der Waals surface area contributed by atoms with E-state index < -0.39 is 6.23 Å². The molecular weight excluding hydrogens is 324 g/mol. The zero-order chi connectivity index (χ0) is 17.9. The molecule has 1 N–H and O–H groups in total. The summed E-state index contributed by atoms with van der Waals surface area (Å²) in [6, 6.07) is 17.7. The maximum Gasteiger partial charge on any atom is 0.176 e. The SMILES string of the molecule is O=C(CN1CCC(CN2Cc3ccccc3C2O)CC1)c1ccccc1. The number of piperidine rings is 1. The minimum atomic E-state index is -0.469. The molecule has 1 saturated heterocycles. The summed E-state index contributed by atoms with van der Waals surface area (Å²) >= 11 is 0. The number of carbonyl (C=O) groups is 1. The van der Waals surface area contributed by atoms with Crippen molar-refractivity contribution in [2.75, 3.05) is 26.2 Å². The summed E-state index contributed by atoms with van der Waals surface area (Å²) in [7, 11) is 0. The normalized spacial score (nSPS) is 21.7. The molecule has 0 spiro atoms. The molecule has 1 fully saturated rings. The van der Waals surface area contributed by atoms with Crippen LogP contribution >= 0.6 is 0 Å². The zero-order valence-electron chi connectivity index (χ0n) is 15.1. The first-order valence-electron chi connectivity index (χ1n) is 9.51. The standard InChI is InChI=1S/C22H26N2O2/c25-21(18-6-2-1-3-7-18)16-23-12-10-17(11-13-23)14-24-15-19-8-4-5-9-20(19)22(24)26/h1-9,17,22,26H,10-16H2. The van der Waals surface area contributed by atoms with Gasteiger partial charge in [-0.25, -0.2) is 0 Å². The van der Waals surface area contributed by atoms with E-state index in [-0.39, 0.29) is 5.78 Å². The fraction of sp³-hybridized carbons (Fsp3) is 0.409. The highest BCUT2D eigenvalue weighted by atomic mass is 16.3. The lowest BCUT2D eigenvalue weighted by atomic mass is 9.95. The maximum absolute atomic E-state index is 12.4. The lowest BCUT2D eigenvalue weighted by Gasteiger charge is -2.34. The molecule has 0 saturated carbocycles. The van der Waals surface area contributed by atoms with Crippen LogP contribution in [0.3, 0.4) is 0 Å². The molecule has 1 atom stereocenters. The zero-order valence-corrected chi connectivity index (χ0v) is 15.1. The minimum Gasteiger partial charge on any atom is -0.374 e. The van der Waals surface area contributed by atoms with E-state index in [1.807, 2.05) is 48.5 Å². The first kappa shape index (κ1) is 17.4. The van der Waals surface area contributed by atoms with Crippen molar-refractivity contribution in [3.05, 3.63) is 71.3 Å². The average Bonchev–Trinajstić information content (AvgIpc) is 3.00. The summed E-state index contributed by atoms with van der Waals surface area (Å²) < 4.78 is 0. The number of fused-ring (bicyclic) bond motifs is 1. The molecule has 2 aromatic carbocycles. The molecule has 1 unspecified atom stereocenters. The van der Waals surface area contributed by atoms with E-state index in [2.05, 4.69) is 15.9 Å². The molecule has 0 aromatic heterocycles. The first-order chi connectivity index (χ1) is 12.7. The van der Waals surface area contributed by atoms with Crippen LogP contribution in [0.1, 0.15) is 40.6 Å². The largest absolute Gasteiger partial charge is 0.374 e. The number of nitrogens with zero attached hydrogens (tertiary/aromatic N) is 2. The van der Waals surface area contributed by atoms with Crippen LogP contribution in [-0.4, -0.2) is 46.9 Å². The molecule has 26 heavy (non-hydrogen) atoms. The number of benzene rings is 2. The van der Waals surface area contributed by atoms with Crippen LogP contribution in [0.4, 0.5) is 0 Å². The van der Waals surface area contributed by atoms with Crippen molar-refractivity contribution in [1.82, 2.24) is 9.80 Å². The summed E-state index contributed by atoms with van der Waals surface area (Å²) in [5.74, 6) is 0.788. The Morgan fingerprint density at radius 3 is 2.42 bits per heavy atom. The van der Waals surface area contributed by atoms with E-state index in [4.69, 9.17) is 0 Å². The number of aliphatic hydroxyl groups excluding tert-OH is 1. The quantitative estimate of drug-likeness (QED) is 0.842. The van der Waals surface area contributed by atoms with Crippen LogP contribution in [0.2, 0.25) is 0 Å². The summed E-state index contributed by atoms with van der Waals surface area (Å²) in [5, 5.41) is 10.5. The number of ketones is 1. The number of aliphatic hydroxyl groups is 1. The lowest BCUT2D eigenvalue weighted by molar-refractivity contribution is -0.00352. The molecule has 4 heteroatoms. The minimum absolute atomic E-state index is 0.203. The molecular formula is C22H26N2O2. The number of Topliss-reactive ketones (excluding diaryl/α,β-unsaturated/α-hetero) is 1.